The third-order valence-electron chi connectivity index (χ3n) is 4.44. The van der Waals surface area contributed by atoms with Gasteiger partial charge in [-0.3, -0.25) is 9.69 Å². The number of aromatic nitrogens is 1. The van der Waals surface area contributed by atoms with Crippen LogP contribution < -0.4 is 4.90 Å². The van der Waals surface area contributed by atoms with Crippen molar-refractivity contribution >= 4 is 72.5 Å². The van der Waals surface area contributed by atoms with Crippen LogP contribution in [0.1, 0.15) is 24.2 Å². The first-order valence-electron chi connectivity index (χ1n) is 8.88. The van der Waals surface area contributed by atoms with Gasteiger partial charge in [0.25, 0.3) is 5.91 Å². The fourth-order valence-electron chi connectivity index (χ4n) is 2.86. The number of amides is 1. The minimum Gasteiger partial charge on any atom is -0.302 e. The number of para-hydroxylation sites is 1. The van der Waals surface area contributed by atoms with E-state index in [2.05, 4.69) is 39.7 Å². The highest BCUT2D eigenvalue weighted by molar-refractivity contribution is 9.10. The molecule has 1 heterocycles. The number of hydrogen-bond donors (Lipinski definition) is 0. The monoisotopic (exact) mass is 501 g/mol. The molecule has 0 atom stereocenters. The number of fused-ring (bicyclic) bond motifs is 1. The molecule has 150 valence electrons. The van der Waals surface area contributed by atoms with Crippen molar-refractivity contribution in [3.63, 3.8) is 0 Å². The van der Waals surface area contributed by atoms with Gasteiger partial charge in [0, 0.05) is 23.1 Å². The van der Waals surface area contributed by atoms with Crippen molar-refractivity contribution in [2.24, 2.45) is 0 Å². The van der Waals surface area contributed by atoms with Gasteiger partial charge in [0.1, 0.15) is 5.52 Å². The van der Waals surface area contributed by atoms with Gasteiger partial charge in [-0.15, -0.1) is 12.4 Å². The number of halogens is 3. The predicted molar refractivity (Wildman–Crippen MR) is 125 cm³/mol. The summed E-state index contributed by atoms with van der Waals surface area (Å²) in [6, 6.07) is 13.2. The zero-order valence-electron chi connectivity index (χ0n) is 15.7. The average molecular weight is 503 g/mol. The van der Waals surface area contributed by atoms with Gasteiger partial charge in [-0.25, -0.2) is 4.98 Å². The number of likely N-dealkylation sites (N-methyl/N-ethyl adjacent to an activating group) is 1. The molecule has 3 aromatic rings. The van der Waals surface area contributed by atoms with Crippen LogP contribution in [0.3, 0.4) is 0 Å². The molecule has 0 aliphatic heterocycles. The SMILES string of the molecule is CCN(CC)CCN(C(=O)c1cccc(Br)c1)c1nc2c(Cl)cccc2s1.Cl. The Morgan fingerprint density at radius 2 is 1.86 bits per heavy atom. The molecule has 0 spiro atoms. The molecule has 0 unspecified atom stereocenters. The fraction of sp³-hybridized carbons (Fsp3) is 0.300. The lowest BCUT2D eigenvalue weighted by molar-refractivity contribution is 0.0983. The molecule has 2 aromatic carbocycles. The minimum absolute atomic E-state index is 0. The fourth-order valence-corrected chi connectivity index (χ4v) is 4.55. The summed E-state index contributed by atoms with van der Waals surface area (Å²) in [5.41, 5.74) is 1.38. The number of hydrogen-bond acceptors (Lipinski definition) is 4. The summed E-state index contributed by atoms with van der Waals surface area (Å²) >= 11 is 11.2. The standard InChI is InChI=1S/C20H21BrClN3OS.ClH/c1-3-24(4-2)11-12-25(19(26)14-7-5-8-15(21)13-14)20-23-18-16(22)9-6-10-17(18)27-20;/h5-10,13H,3-4,11-12H2,1-2H3;1H. The summed E-state index contributed by atoms with van der Waals surface area (Å²) in [5.74, 6) is -0.0568. The lowest BCUT2D eigenvalue weighted by Crippen LogP contribution is -2.38. The smallest absolute Gasteiger partial charge is 0.260 e. The van der Waals surface area contributed by atoms with E-state index in [9.17, 15) is 4.79 Å². The summed E-state index contributed by atoms with van der Waals surface area (Å²) in [6.45, 7) is 7.51. The second-order valence-electron chi connectivity index (χ2n) is 6.08. The summed E-state index contributed by atoms with van der Waals surface area (Å²) in [7, 11) is 0. The van der Waals surface area contributed by atoms with Crippen LogP contribution in [0.2, 0.25) is 5.02 Å². The number of carbonyl (C=O) groups is 1. The van der Waals surface area contributed by atoms with Gasteiger partial charge in [0.15, 0.2) is 5.13 Å². The van der Waals surface area contributed by atoms with E-state index in [1.165, 1.54) is 11.3 Å². The van der Waals surface area contributed by atoms with Crippen molar-refractivity contribution in [3.8, 4) is 0 Å². The summed E-state index contributed by atoms with van der Waals surface area (Å²) in [4.78, 5) is 22.0. The van der Waals surface area contributed by atoms with E-state index in [4.69, 9.17) is 11.6 Å². The molecule has 3 rings (SSSR count). The Morgan fingerprint density at radius 3 is 2.50 bits per heavy atom. The van der Waals surface area contributed by atoms with Crippen LogP contribution in [-0.2, 0) is 0 Å². The van der Waals surface area contributed by atoms with Gasteiger partial charge in [-0.05, 0) is 43.4 Å². The molecule has 28 heavy (non-hydrogen) atoms. The largest absolute Gasteiger partial charge is 0.302 e. The van der Waals surface area contributed by atoms with Gasteiger partial charge >= 0.3 is 0 Å². The van der Waals surface area contributed by atoms with E-state index >= 15 is 0 Å². The van der Waals surface area contributed by atoms with Crippen molar-refractivity contribution < 1.29 is 4.79 Å². The number of anilines is 1. The first-order chi connectivity index (χ1) is 13.0. The Bertz CT molecular complexity index is 946. The Balaban J connectivity index is 0.00000280. The lowest BCUT2D eigenvalue weighted by atomic mass is 10.2. The van der Waals surface area contributed by atoms with Gasteiger partial charge in [-0.2, -0.15) is 0 Å². The summed E-state index contributed by atoms with van der Waals surface area (Å²) in [5, 5.41) is 1.28. The third kappa shape index (κ3) is 5.24. The molecule has 0 aliphatic rings. The van der Waals surface area contributed by atoms with Crippen molar-refractivity contribution in [2.75, 3.05) is 31.1 Å². The minimum atomic E-state index is -0.0568. The summed E-state index contributed by atoms with van der Waals surface area (Å²) < 4.78 is 1.86. The van der Waals surface area contributed by atoms with Gasteiger partial charge in [-0.1, -0.05) is 64.8 Å². The molecular formula is C20H22BrCl2N3OS. The van der Waals surface area contributed by atoms with E-state index in [1.807, 2.05) is 42.5 Å². The maximum absolute atomic E-state index is 13.3. The van der Waals surface area contributed by atoms with Crippen LogP contribution >= 0.6 is 51.3 Å². The second kappa shape index (κ2) is 10.6. The molecule has 0 aliphatic carbocycles. The molecule has 0 radical (unpaired) electrons. The molecule has 0 N–H and O–H groups in total. The number of carbonyl (C=O) groups excluding carboxylic acids is 1. The predicted octanol–water partition coefficient (Wildman–Crippen LogP) is 6.12. The Hall–Kier alpha value is -1.18. The van der Waals surface area contributed by atoms with Crippen molar-refractivity contribution in [1.82, 2.24) is 9.88 Å². The average Bonchev–Trinajstić information content (AvgIpc) is 3.10. The molecule has 0 saturated carbocycles. The molecule has 4 nitrogen and oxygen atoms in total. The van der Waals surface area contributed by atoms with E-state index in [0.717, 1.165) is 34.3 Å². The molecule has 1 aromatic heterocycles. The molecule has 1 amide bonds. The maximum atomic E-state index is 13.3. The van der Waals surface area contributed by atoms with Crippen molar-refractivity contribution in [2.45, 2.75) is 13.8 Å². The Morgan fingerprint density at radius 1 is 1.14 bits per heavy atom. The highest BCUT2D eigenvalue weighted by Crippen LogP contribution is 2.33. The van der Waals surface area contributed by atoms with E-state index < -0.39 is 0 Å². The van der Waals surface area contributed by atoms with Crippen LogP contribution in [0.4, 0.5) is 5.13 Å². The number of nitrogens with zero attached hydrogens (tertiary/aromatic N) is 3. The van der Waals surface area contributed by atoms with E-state index in [0.29, 0.717) is 22.3 Å². The number of benzene rings is 2. The van der Waals surface area contributed by atoms with Crippen molar-refractivity contribution in [1.29, 1.82) is 0 Å². The molecule has 0 saturated heterocycles. The highest BCUT2D eigenvalue weighted by Gasteiger charge is 2.22. The molecule has 0 fully saturated rings. The highest BCUT2D eigenvalue weighted by atomic mass is 79.9. The van der Waals surface area contributed by atoms with Gasteiger partial charge in [0.2, 0.25) is 0 Å². The number of thiazole rings is 1. The van der Waals surface area contributed by atoms with E-state index in [1.54, 1.807) is 4.90 Å². The first kappa shape index (κ1) is 23.1. The van der Waals surface area contributed by atoms with Crippen LogP contribution in [-0.4, -0.2) is 42.0 Å². The van der Waals surface area contributed by atoms with Crippen LogP contribution in [0.15, 0.2) is 46.9 Å². The third-order valence-corrected chi connectivity index (χ3v) is 6.28. The Labute approximate surface area is 189 Å². The quantitative estimate of drug-likeness (QED) is 0.390. The summed E-state index contributed by atoms with van der Waals surface area (Å²) in [6.07, 6.45) is 0. The van der Waals surface area contributed by atoms with E-state index in [-0.39, 0.29) is 18.3 Å². The lowest BCUT2D eigenvalue weighted by Gasteiger charge is -2.24. The molecule has 0 bridgehead atoms. The normalized spacial score (nSPS) is 10.9. The zero-order chi connectivity index (χ0) is 19.4. The van der Waals surface area contributed by atoms with Crippen LogP contribution in [0.5, 0.6) is 0 Å². The van der Waals surface area contributed by atoms with Crippen LogP contribution in [0, 0.1) is 0 Å². The zero-order valence-corrected chi connectivity index (χ0v) is 19.7. The Kier molecular flexibility index (Phi) is 8.71. The molecular weight excluding hydrogens is 481 g/mol. The molecule has 8 heteroatoms. The van der Waals surface area contributed by atoms with Gasteiger partial charge < -0.3 is 4.90 Å². The first-order valence-corrected chi connectivity index (χ1v) is 10.9. The number of rotatable bonds is 7. The van der Waals surface area contributed by atoms with Crippen molar-refractivity contribution in [3.05, 3.63) is 57.5 Å². The topological polar surface area (TPSA) is 36.4 Å². The maximum Gasteiger partial charge on any atom is 0.260 e. The van der Waals surface area contributed by atoms with Crippen LogP contribution in [0.25, 0.3) is 10.2 Å². The second-order valence-corrected chi connectivity index (χ2v) is 8.41. The van der Waals surface area contributed by atoms with Gasteiger partial charge in [0.05, 0.1) is 9.72 Å².